The lowest BCUT2D eigenvalue weighted by molar-refractivity contribution is 0.294. The highest BCUT2D eigenvalue weighted by atomic mass is 15.0. The normalized spacial score (nSPS) is 14.1. The minimum atomic E-state index is -0.0119. The molecule has 0 spiro atoms. The van der Waals surface area contributed by atoms with Crippen molar-refractivity contribution in [1.29, 1.82) is 0 Å². The summed E-state index contributed by atoms with van der Waals surface area (Å²) < 4.78 is 2.53. The van der Waals surface area contributed by atoms with E-state index in [1.807, 2.05) is 36.4 Å². The van der Waals surface area contributed by atoms with Crippen molar-refractivity contribution < 1.29 is 0 Å². The van der Waals surface area contributed by atoms with E-state index in [-0.39, 0.29) is 10.8 Å². The second-order valence-corrected chi connectivity index (χ2v) is 20.5. The average molecular weight is 893 g/mol. The summed E-state index contributed by atoms with van der Waals surface area (Å²) in [7, 11) is 0. The Labute approximate surface area is 406 Å². The highest BCUT2D eigenvalue weighted by Gasteiger charge is 2.28. The van der Waals surface area contributed by atoms with Gasteiger partial charge in [0, 0.05) is 38.6 Å². The van der Waals surface area contributed by atoms with Gasteiger partial charge < -0.3 is 4.57 Å². The fourth-order valence-electron chi connectivity index (χ4n) is 9.88. The summed E-state index contributed by atoms with van der Waals surface area (Å²) in [6, 6.07) is 69.8. The molecule has 0 amide bonds. The lowest BCUT2D eigenvalue weighted by Gasteiger charge is -2.30. The standard InChI is InChI=1S/C65H56N4/c1-64(2,3)52-33-27-45(28-34-52)54-41-51(63-67-61(47-23-15-9-16-24-47)66-62(68-63)48-25-17-10-18-26-48)42-55(46-29-35-53(36-30-46)65(4,5)6)60(54)69-58-37-31-49(43-19-11-7-12-20-43)39-56(58)57-40-50(32-38-59(57)69)44-21-13-8-14-22-44/h7-35,37-42,53H,36H2,1-6H3. The summed E-state index contributed by atoms with van der Waals surface area (Å²) in [5.41, 5.74) is 16.9. The molecule has 1 aliphatic carbocycles. The third kappa shape index (κ3) is 8.53. The molecule has 2 heterocycles. The molecule has 11 rings (SSSR count). The molecule has 0 saturated heterocycles. The second kappa shape index (κ2) is 17.6. The summed E-state index contributed by atoms with van der Waals surface area (Å²) >= 11 is 0. The monoisotopic (exact) mass is 892 g/mol. The van der Waals surface area contributed by atoms with Crippen LogP contribution in [0.25, 0.3) is 101 Å². The minimum Gasteiger partial charge on any atom is -0.308 e. The van der Waals surface area contributed by atoms with Crippen molar-refractivity contribution in [2.75, 3.05) is 0 Å². The van der Waals surface area contributed by atoms with Crippen LogP contribution >= 0.6 is 0 Å². The Morgan fingerprint density at radius 3 is 1.29 bits per heavy atom. The molecule has 0 saturated carbocycles. The first-order valence-corrected chi connectivity index (χ1v) is 24.2. The smallest absolute Gasteiger partial charge is 0.164 e. The molecular formula is C65H56N4. The van der Waals surface area contributed by atoms with Crippen molar-refractivity contribution in [3.05, 3.63) is 223 Å². The Morgan fingerprint density at radius 1 is 0.420 bits per heavy atom. The molecule has 8 aromatic carbocycles. The molecule has 10 aromatic rings. The SMILES string of the molecule is CC(C)(C)c1ccc(-c2cc(-c3nc(-c4ccccc4)nc(-c4ccccc4)n3)cc(C3=CCC(C(C)(C)C)C=C3)c2-n2c3ccc(-c4ccccc4)cc3c3cc(-c4ccccc4)ccc32)cc1. The molecule has 0 aliphatic heterocycles. The maximum absolute atomic E-state index is 5.31. The predicted octanol–water partition coefficient (Wildman–Crippen LogP) is 17.3. The number of hydrogen-bond acceptors (Lipinski definition) is 3. The van der Waals surface area contributed by atoms with Crippen LogP contribution in [0.3, 0.4) is 0 Å². The third-order valence-electron chi connectivity index (χ3n) is 13.9. The van der Waals surface area contributed by atoms with Gasteiger partial charge in [0.25, 0.3) is 0 Å². The molecule has 1 unspecified atom stereocenters. The van der Waals surface area contributed by atoms with Crippen LogP contribution in [0.5, 0.6) is 0 Å². The quantitative estimate of drug-likeness (QED) is 0.153. The summed E-state index contributed by atoms with van der Waals surface area (Å²) in [5.74, 6) is 2.30. The zero-order chi connectivity index (χ0) is 47.3. The molecule has 0 bridgehead atoms. The van der Waals surface area contributed by atoms with Gasteiger partial charge in [-0.25, -0.2) is 15.0 Å². The topological polar surface area (TPSA) is 43.6 Å². The Hall–Kier alpha value is -7.95. The number of aromatic nitrogens is 4. The van der Waals surface area contributed by atoms with E-state index in [0.717, 1.165) is 56.5 Å². The van der Waals surface area contributed by atoms with Crippen molar-refractivity contribution in [2.45, 2.75) is 53.4 Å². The van der Waals surface area contributed by atoms with Crippen molar-refractivity contribution in [3.8, 4) is 73.2 Å². The molecule has 69 heavy (non-hydrogen) atoms. The van der Waals surface area contributed by atoms with E-state index in [9.17, 15) is 0 Å². The summed E-state index contributed by atoms with van der Waals surface area (Å²) in [5, 5.41) is 2.40. The Morgan fingerprint density at radius 2 is 0.855 bits per heavy atom. The van der Waals surface area contributed by atoms with E-state index in [4.69, 9.17) is 15.0 Å². The second-order valence-electron chi connectivity index (χ2n) is 20.5. The molecule has 0 radical (unpaired) electrons. The van der Waals surface area contributed by atoms with Gasteiger partial charge in [0.05, 0.1) is 16.7 Å². The lowest BCUT2D eigenvalue weighted by atomic mass is 9.75. The van der Waals surface area contributed by atoms with Gasteiger partial charge in [-0.15, -0.1) is 0 Å². The fourth-order valence-corrected chi connectivity index (χ4v) is 9.88. The van der Waals surface area contributed by atoms with E-state index >= 15 is 0 Å². The number of rotatable bonds is 8. The number of hydrogen-bond donors (Lipinski definition) is 0. The van der Waals surface area contributed by atoms with Crippen molar-refractivity contribution >= 4 is 27.4 Å². The first-order chi connectivity index (χ1) is 33.5. The van der Waals surface area contributed by atoms with Crippen LogP contribution in [0.1, 0.15) is 59.1 Å². The average Bonchev–Trinajstić information content (AvgIpc) is 3.71. The molecule has 2 aromatic heterocycles. The van der Waals surface area contributed by atoms with Crippen LogP contribution < -0.4 is 0 Å². The number of benzene rings is 8. The van der Waals surface area contributed by atoms with Crippen LogP contribution in [0.2, 0.25) is 0 Å². The maximum Gasteiger partial charge on any atom is 0.164 e. The first kappa shape index (κ1) is 43.6. The first-order valence-electron chi connectivity index (χ1n) is 24.2. The summed E-state index contributed by atoms with van der Waals surface area (Å²) in [6.45, 7) is 13.9. The van der Waals surface area contributed by atoms with Crippen molar-refractivity contribution in [2.24, 2.45) is 11.3 Å². The number of allylic oxidation sites excluding steroid dienone is 4. The van der Waals surface area contributed by atoms with E-state index in [2.05, 4.69) is 222 Å². The summed E-state index contributed by atoms with van der Waals surface area (Å²) in [6.07, 6.45) is 8.18. The highest BCUT2D eigenvalue weighted by molar-refractivity contribution is 6.13. The fraction of sp³-hybridized carbons (Fsp3) is 0.154. The number of fused-ring (bicyclic) bond motifs is 3. The van der Waals surface area contributed by atoms with Crippen LogP contribution in [0, 0.1) is 11.3 Å². The van der Waals surface area contributed by atoms with Gasteiger partial charge in [-0.05, 0) is 98.5 Å². The largest absolute Gasteiger partial charge is 0.308 e. The molecular weight excluding hydrogens is 837 g/mol. The minimum absolute atomic E-state index is 0.0119. The van der Waals surface area contributed by atoms with E-state index in [0.29, 0.717) is 23.4 Å². The lowest BCUT2D eigenvalue weighted by Crippen LogP contribution is -2.19. The number of nitrogens with zero attached hydrogens (tertiary/aromatic N) is 4. The molecule has 0 N–H and O–H groups in total. The molecule has 336 valence electrons. The van der Waals surface area contributed by atoms with Crippen LogP contribution in [-0.2, 0) is 5.41 Å². The Balaban J connectivity index is 1.25. The van der Waals surface area contributed by atoms with Gasteiger partial charge in [0.1, 0.15) is 0 Å². The van der Waals surface area contributed by atoms with Gasteiger partial charge in [0.15, 0.2) is 17.5 Å². The van der Waals surface area contributed by atoms with Crippen molar-refractivity contribution in [1.82, 2.24) is 19.5 Å². The molecule has 1 aliphatic rings. The third-order valence-corrected chi connectivity index (χ3v) is 13.9. The zero-order valence-corrected chi connectivity index (χ0v) is 40.3. The molecule has 4 nitrogen and oxygen atoms in total. The van der Waals surface area contributed by atoms with E-state index in [1.165, 1.54) is 44.2 Å². The Kier molecular flexibility index (Phi) is 11.1. The van der Waals surface area contributed by atoms with Crippen molar-refractivity contribution in [3.63, 3.8) is 0 Å². The van der Waals surface area contributed by atoms with Crippen LogP contribution in [-0.4, -0.2) is 19.5 Å². The summed E-state index contributed by atoms with van der Waals surface area (Å²) in [4.78, 5) is 15.7. The van der Waals surface area contributed by atoms with Gasteiger partial charge in [-0.2, -0.15) is 0 Å². The van der Waals surface area contributed by atoms with E-state index in [1.54, 1.807) is 0 Å². The molecule has 0 fully saturated rings. The molecule has 1 atom stereocenters. The van der Waals surface area contributed by atoms with Crippen LogP contribution in [0.4, 0.5) is 0 Å². The van der Waals surface area contributed by atoms with Gasteiger partial charge in [0.2, 0.25) is 0 Å². The van der Waals surface area contributed by atoms with Gasteiger partial charge >= 0.3 is 0 Å². The zero-order valence-electron chi connectivity index (χ0n) is 40.3. The maximum atomic E-state index is 5.31. The van der Waals surface area contributed by atoms with E-state index < -0.39 is 0 Å². The van der Waals surface area contributed by atoms with Crippen LogP contribution in [0.15, 0.2) is 212 Å². The van der Waals surface area contributed by atoms with Gasteiger partial charge in [-0.3, -0.25) is 0 Å². The van der Waals surface area contributed by atoms with Gasteiger partial charge in [-0.1, -0.05) is 217 Å². The highest BCUT2D eigenvalue weighted by Crippen LogP contribution is 2.46. The Bertz CT molecular complexity index is 3400. The molecule has 4 heteroatoms. The predicted molar refractivity (Wildman–Crippen MR) is 290 cm³/mol.